The maximum absolute atomic E-state index is 10.0. The first kappa shape index (κ1) is 15.3. The van der Waals surface area contributed by atoms with E-state index in [4.69, 9.17) is 4.74 Å². The van der Waals surface area contributed by atoms with Crippen molar-refractivity contribution in [2.45, 2.75) is 77.0 Å². The molecule has 0 amide bonds. The molecule has 112 valence electrons. The fraction of sp³-hybridized carbons (Fsp3) is 1.00. The largest absolute Gasteiger partial charge is 0.389 e. The van der Waals surface area contributed by atoms with Crippen molar-refractivity contribution in [3.63, 3.8) is 0 Å². The third kappa shape index (κ3) is 5.05. The highest BCUT2D eigenvalue weighted by Gasteiger charge is 2.37. The molecule has 2 rings (SSSR count). The van der Waals surface area contributed by atoms with E-state index in [1.807, 2.05) is 0 Å². The van der Waals surface area contributed by atoms with Gasteiger partial charge < -0.3 is 15.2 Å². The quantitative estimate of drug-likeness (QED) is 0.746. The van der Waals surface area contributed by atoms with E-state index in [9.17, 15) is 5.11 Å². The van der Waals surface area contributed by atoms with E-state index in [0.717, 1.165) is 24.7 Å². The van der Waals surface area contributed by atoms with Crippen molar-refractivity contribution in [2.75, 3.05) is 13.2 Å². The molecule has 3 unspecified atom stereocenters. The minimum atomic E-state index is -0.379. The number of nitrogens with one attached hydrogen (secondary N) is 1. The number of aliphatic hydroxyl groups excluding tert-OH is 1. The second-order valence-corrected chi connectivity index (χ2v) is 7.26. The first-order valence-electron chi connectivity index (χ1n) is 8.02. The van der Waals surface area contributed by atoms with Crippen molar-refractivity contribution in [1.29, 1.82) is 0 Å². The Labute approximate surface area is 118 Å². The average molecular weight is 269 g/mol. The third-order valence-electron chi connectivity index (χ3n) is 4.80. The summed E-state index contributed by atoms with van der Waals surface area (Å²) < 4.78 is 5.87. The minimum Gasteiger partial charge on any atom is -0.389 e. The van der Waals surface area contributed by atoms with Gasteiger partial charge in [0, 0.05) is 12.1 Å². The molecule has 2 saturated carbocycles. The molecule has 0 aromatic rings. The lowest BCUT2D eigenvalue weighted by Gasteiger charge is -2.30. The van der Waals surface area contributed by atoms with Gasteiger partial charge in [-0.05, 0) is 51.4 Å². The lowest BCUT2D eigenvalue weighted by molar-refractivity contribution is -0.0322. The average Bonchev–Trinajstić information content (AvgIpc) is 3.18. The van der Waals surface area contributed by atoms with Crippen molar-refractivity contribution in [3.8, 4) is 0 Å². The predicted octanol–water partition coefficient (Wildman–Crippen LogP) is 2.72. The molecule has 0 bridgehead atoms. The van der Waals surface area contributed by atoms with Gasteiger partial charge in [0.1, 0.15) is 0 Å². The monoisotopic (exact) mass is 269 g/mol. The van der Waals surface area contributed by atoms with Crippen LogP contribution in [0.5, 0.6) is 0 Å². The Kier molecular flexibility index (Phi) is 5.27. The van der Waals surface area contributed by atoms with E-state index in [1.54, 1.807) is 0 Å². The molecule has 2 aliphatic rings. The summed E-state index contributed by atoms with van der Waals surface area (Å²) in [5, 5.41) is 13.5. The Morgan fingerprint density at radius 1 is 1.26 bits per heavy atom. The van der Waals surface area contributed by atoms with Gasteiger partial charge in [0.15, 0.2) is 0 Å². The Balaban J connectivity index is 1.60. The number of ether oxygens (including phenoxy) is 1. The van der Waals surface area contributed by atoms with Crippen molar-refractivity contribution >= 4 is 0 Å². The molecular weight excluding hydrogens is 238 g/mol. The zero-order valence-corrected chi connectivity index (χ0v) is 12.8. The standard InChI is InChI=1S/C16H31NO2/c1-12-5-4-6-15(9-12)19-11-14(18)10-17-16(2,3)13-7-8-13/h12-15,17-18H,4-11H2,1-3H3. The van der Waals surface area contributed by atoms with Crippen LogP contribution < -0.4 is 5.32 Å². The molecule has 0 radical (unpaired) electrons. The van der Waals surface area contributed by atoms with Crippen molar-refractivity contribution in [2.24, 2.45) is 11.8 Å². The Morgan fingerprint density at radius 2 is 2.00 bits per heavy atom. The van der Waals surface area contributed by atoms with Crippen LogP contribution in [0.25, 0.3) is 0 Å². The van der Waals surface area contributed by atoms with E-state index in [0.29, 0.717) is 19.3 Å². The van der Waals surface area contributed by atoms with Crippen LogP contribution in [-0.4, -0.2) is 36.0 Å². The van der Waals surface area contributed by atoms with Gasteiger partial charge in [-0.2, -0.15) is 0 Å². The first-order valence-corrected chi connectivity index (χ1v) is 8.02. The number of hydrogen-bond donors (Lipinski definition) is 2. The summed E-state index contributed by atoms with van der Waals surface area (Å²) in [7, 11) is 0. The molecule has 2 aliphatic carbocycles. The van der Waals surface area contributed by atoms with E-state index < -0.39 is 0 Å². The molecule has 2 fully saturated rings. The number of β-amino-alcohol motifs (C(OH)–C–C–N with tert-alkyl or cyclic N) is 1. The second kappa shape index (κ2) is 6.55. The van der Waals surface area contributed by atoms with Crippen molar-refractivity contribution in [3.05, 3.63) is 0 Å². The Hall–Kier alpha value is -0.120. The summed E-state index contributed by atoms with van der Waals surface area (Å²) in [5.41, 5.74) is 0.167. The minimum absolute atomic E-state index is 0.167. The molecule has 0 aromatic heterocycles. The maximum Gasteiger partial charge on any atom is 0.0898 e. The van der Waals surface area contributed by atoms with Gasteiger partial charge in [-0.3, -0.25) is 0 Å². The Bertz CT molecular complexity index is 276. The molecule has 0 aliphatic heterocycles. The summed E-state index contributed by atoms with van der Waals surface area (Å²) in [5.74, 6) is 1.57. The summed E-state index contributed by atoms with van der Waals surface area (Å²) in [4.78, 5) is 0. The van der Waals surface area contributed by atoms with Crippen LogP contribution >= 0.6 is 0 Å². The molecule has 3 atom stereocenters. The van der Waals surface area contributed by atoms with E-state index in [-0.39, 0.29) is 11.6 Å². The molecule has 19 heavy (non-hydrogen) atoms. The summed E-state index contributed by atoms with van der Waals surface area (Å²) in [6.45, 7) is 7.89. The summed E-state index contributed by atoms with van der Waals surface area (Å²) in [6, 6.07) is 0. The highest BCUT2D eigenvalue weighted by molar-refractivity contribution is 4.94. The van der Waals surface area contributed by atoms with Gasteiger partial charge in [-0.15, -0.1) is 0 Å². The van der Waals surface area contributed by atoms with Crippen LogP contribution in [0.15, 0.2) is 0 Å². The Morgan fingerprint density at radius 3 is 2.63 bits per heavy atom. The summed E-state index contributed by atoms with van der Waals surface area (Å²) >= 11 is 0. The topological polar surface area (TPSA) is 41.5 Å². The smallest absolute Gasteiger partial charge is 0.0898 e. The van der Waals surface area contributed by atoms with Crippen molar-refractivity contribution in [1.82, 2.24) is 5.32 Å². The van der Waals surface area contributed by atoms with Gasteiger partial charge in [-0.1, -0.05) is 19.8 Å². The molecule has 0 saturated heterocycles. The SMILES string of the molecule is CC1CCCC(OCC(O)CNC(C)(C)C2CC2)C1. The van der Waals surface area contributed by atoms with Crippen LogP contribution in [0.1, 0.15) is 59.3 Å². The molecule has 0 aromatic carbocycles. The third-order valence-corrected chi connectivity index (χ3v) is 4.80. The molecule has 3 nitrogen and oxygen atoms in total. The number of rotatable bonds is 7. The molecule has 2 N–H and O–H groups in total. The van der Waals surface area contributed by atoms with Gasteiger partial charge in [-0.25, -0.2) is 0 Å². The van der Waals surface area contributed by atoms with E-state index in [1.165, 1.54) is 25.7 Å². The van der Waals surface area contributed by atoms with E-state index >= 15 is 0 Å². The van der Waals surface area contributed by atoms with Crippen molar-refractivity contribution < 1.29 is 9.84 Å². The van der Waals surface area contributed by atoms with Gasteiger partial charge >= 0.3 is 0 Å². The molecule has 0 heterocycles. The maximum atomic E-state index is 10.0. The van der Waals surface area contributed by atoms with Gasteiger partial charge in [0.25, 0.3) is 0 Å². The molecular formula is C16H31NO2. The molecule has 3 heteroatoms. The van der Waals surface area contributed by atoms with Crippen LogP contribution in [-0.2, 0) is 4.74 Å². The van der Waals surface area contributed by atoms with Crippen LogP contribution in [0.3, 0.4) is 0 Å². The number of aliphatic hydroxyl groups is 1. The highest BCUT2D eigenvalue weighted by Crippen LogP contribution is 2.39. The van der Waals surface area contributed by atoms with Gasteiger partial charge in [0.2, 0.25) is 0 Å². The first-order chi connectivity index (χ1) is 8.97. The lowest BCUT2D eigenvalue weighted by Crippen LogP contribution is -2.46. The van der Waals surface area contributed by atoms with E-state index in [2.05, 4.69) is 26.1 Å². The second-order valence-electron chi connectivity index (χ2n) is 7.26. The normalized spacial score (nSPS) is 30.3. The fourth-order valence-corrected chi connectivity index (χ4v) is 3.17. The van der Waals surface area contributed by atoms with Crippen LogP contribution in [0.4, 0.5) is 0 Å². The zero-order chi connectivity index (χ0) is 13.9. The fourth-order valence-electron chi connectivity index (χ4n) is 3.17. The van der Waals surface area contributed by atoms with Crippen LogP contribution in [0, 0.1) is 11.8 Å². The number of hydrogen-bond acceptors (Lipinski definition) is 3. The van der Waals surface area contributed by atoms with Gasteiger partial charge in [0.05, 0.1) is 18.8 Å². The summed E-state index contributed by atoms with van der Waals surface area (Å²) in [6.07, 6.45) is 7.57. The zero-order valence-electron chi connectivity index (χ0n) is 12.8. The van der Waals surface area contributed by atoms with Crippen LogP contribution in [0.2, 0.25) is 0 Å². The molecule has 0 spiro atoms. The lowest BCUT2D eigenvalue weighted by atomic mass is 9.89. The predicted molar refractivity (Wildman–Crippen MR) is 78.2 cm³/mol. The highest BCUT2D eigenvalue weighted by atomic mass is 16.5.